The average molecular weight is 425 g/mol. The number of benzene rings is 1. The first kappa shape index (κ1) is 21.5. The van der Waals surface area contributed by atoms with Crippen LogP contribution in [0.4, 0.5) is 0 Å². The van der Waals surface area contributed by atoms with Crippen LogP contribution in [0.5, 0.6) is 5.75 Å². The number of carbonyl (C=O) groups is 2. The summed E-state index contributed by atoms with van der Waals surface area (Å²) in [4.78, 5) is 26.9. The fraction of sp³-hybridized carbons (Fsp3) is 0.520. The van der Waals surface area contributed by atoms with Crippen LogP contribution in [0.3, 0.4) is 0 Å². The van der Waals surface area contributed by atoms with Gasteiger partial charge < -0.3 is 19.4 Å². The van der Waals surface area contributed by atoms with Crippen LogP contribution in [0.15, 0.2) is 47.1 Å². The van der Waals surface area contributed by atoms with Crippen molar-refractivity contribution in [3.63, 3.8) is 0 Å². The number of piperidine rings is 1. The van der Waals surface area contributed by atoms with Gasteiger partial charge in [0.2, 0.25) is 11.8 Å². The van der Waals surface area contributed by atoms with E-state index in [1.807, 2.05) is 41.3 Å². The summed E-state index contributed by atoms with van der Waals surface area (Å²) in [5.41, 5.74) is 0.832. The highest BCUT2D eigenvalue weighted by Gasteiger charge is 2.39. The van der Waals surface area contributed by atoms with Gasteiger partial charge in [-0.1, -0.05) is 17.7 Å². The lowest BCUT2D eigenvalue weighted by molar-refractivity contribution is -0.134. The number of ether oxygens (including phenoxy) is 1. The number of hydrogen-bond donors (Lipinski definition) is 1. The molecule has 2 aliphatic heterocycles. The van der Waals surface area contributed by atoms with Gasteiger partial charge in [-0.2, -0.15) is 0 Å². The van der Waals surface area contributed by atoms with Crippen LogP contribution in [-0.4, -0.2) is 41.9 Å². The summed E-state index contributed by atoms with van der Waals surface area (Å²) in [5.74, 6) is 2.30. The first-order valence-electron chi connectivity index (χ1n) is 11.3. The lowest BCUT2D eigenvalue weighted by atomic mass is 9.86. The second kappa shape index (κ2) is 9.58. The second-order valence-electron chi connectivity index (χ2n) is 9.06. The van der Waals surface area contributed by atoms with E-state index in [2.05, 4.69) is 12.2 Å². The Labute approximate surface area is 183 Å². The van der Waals surface area contributed by atoms with E-state index >= 15 is 0 Å². The first-order chi connectivity index (χ1) is 15.0. The van der Waals surface area contributed by atoms with Gasteiger partial charge in [0.05, 0.1) is 12.9 Å². The van der Waals surface area contributed by atoms with E-state index in [0.29, 0.717) is 38.2 Å². The second-order valence-corrected chi connectivity index (χ2v) is 9.06. The molecule has 2 aromatic rings. The normalized spacial score (nSPS) is 23.6. The predicted molar refractivity (Wildman–Crippen MR) is 118 cm³/mol. The fourth-order valence-corrected chi connectivity index (χ4v) is 4.71. The van der Waals surface area contributed by atoms with Gasteiger partial charge in [0.1, 0.15) is 11.5 Å². The molecule has 1 N–H and O–H groups in total. The van der Waals surface area contributed by atoms with E-state index in [-0.39, 0.29) is 17.4 Å². The monoisotopic (exact) mass is 424 g/mol. The van der Waals surface area contributed by atoms with Gasteiger partial charge in [-0.15, -0.1) is 0 Å². The van der Waals surface area contributed by atoms with Gasteiger partial charge in [0.25, 0.3) is 0 Å². The molecule has 2 atom stereocenters. The number of rotatable bonds is 8. The van der Waals surface area contributed by atoms with Crippen LogP contribution in [0, 0.1) is 12.8 Å². The largest absolute Gasteiger partial charge is 0.493 e. The third-order valence-electron chi connectivity index (χ3n) is 6.52. The molecule has 0 unspecified atom stereocenters. The maximum absolute atomic E-state index is 13.0. The van der Waals surface area contributed by atoms with Crippen molar-refractivity contribution < 1.29 is 18.7 Å². The number of likely N-dealkylation sites (tertiary alicyclic amines) is 1. The predicted octanol–water partition coefficient (Wildman–Crippen LogP) is 3.88. The fourth-order valence-electron chi connectivity index (χ4n) is 4.71. The summed E-state index contributed by atoms with van der Waals surface area (Å²) in [5, 5.41) is 3.13. The van der Waals surface area contributed by atoms with E-state index < -0.39 is 0 Å². The molecule has 3 heterocycles. The number of furan rings is 1. The van der Waals surface area contributed by atoms with Crippen LogP contribution in [0.1, 0.15) is 49.8 Å². The molecule has 166 valence electrons. The summed E-state index contributed by atoms with van der Waals surface area (Å²) in [7, 11) is 0. The van der Waals surface area contributed by atoms with E-state index in [9.17, 15) is 9.59 Å². The first-order valence-corrected chi connectivity index (χ1v) is 11.3. The summed E-state index contributed by atoms with van der Waals surface area (Å²) < 4.78 is 11.5. The summed E-state index contributed by atoms with van der Waals surface area (Å²) in [6.07, 6.45) is 6.69. The molecule has 0 aliphatic carbocycles. The van der Waals surface area contributed by atoms with Gasteiger partial charge >= 0.3 is 0 Å². The molecule has 2 amide bonds. The van der Waals surface area contributed by atoms with Crippen LogP contribution >= 0.6 is 0 Å². The molecule has 6 nitrogen and oxygen atoms in total. The average Bonchev–Trinajstić information content (AvgIpc) is 3.42. The molecule has 2 aliphatic rings. The molecule has 2 saturated heterocycles. The van der Waals surface area contributed by atoms with Crippen molar-refractivity contribution in [1.82, 2.24) is 10.2 Å². The number of nitrogens with zero attached hydrogens (tertiary/aromatic N) is 1. The molecule has 0 spiro atoms. The zero-order chi connectivity index (χ0) is 21.7. The Balaban J connectivity index is 1.29. The van der Waals surface area contributed by atoms with Crippen molar-refractivity contribution >= 4 is 11.8 Å². The van der Waals surface area contributed by atoms with Crippen LogP contribution in [-0.2, 0) is 16.0 Å². The Morgan fingerprint density at radius 3 is 2.84 bits per heavy atom. The smallest absolute Gasteiger partial charge is 0.222 e. The van der Waals surface area contributed by atoms with E-state index in [4.69, 9.17) is 9.15 Å². The molecule has 4 rings (SSSR count). The Kier molecular flexibility index (Phi) is 6.64. The van der Waals surface area contributed by atoms with Crippen molar-refractivity contribution in [3.8, 4) is 5.75 Å². The summed E-state index contributed by atoms with van der Waals surface area (Å²) >= 11 is 0. The lowest BCUT2D eigenvalue weighted by Gasteiger charge is -2.34. The quantitative estimate of drug-likeness (QED) is 0.698. The molecule has 0 bridgehead atoms. The highest BCUT2D eigenvalue weighted by molar-refractivity contribution is 5.80. The minimum Gasteiger partial charge on any atom is -0.493 e. The van der Waals surface area contributed by atoms with Crippen LogP contribution < -0.4 is 10.1 Å². The highest BCUT2D eigenvalue weighted by atomic mass is 16.5. The van der Waals surface area contributed by atoms with Gasteiger partial charge in [-0.05, 0) is 56.9 Å². The standard InChI is InChI=1S/C25H32N2O4/c1-19-6-8-21(9-7-19)31-18-20-4-2-14-27(17-20)24(29)11-13-25(12-10-23(28)26-25)16-22-5-3-15-30-22/h3,5-9,15,20H,2,4,10-14,16-18H2,1H3,(H,26,28)/t20-,25+/m1/s1. The summed E-state index contributed by atoms with van der Waals surface area (Å²) in [6, 6.07) is 11.9. The molecule has 1 aromatic heterocycles. The highest BCUT2D eigenvalue weighted by Crippen LogP contribution is 2.30. The van der Waals surface area contributed by atoms with Gasteiger partial charge in [-0.3, -0.25) is 9.59 Å². The molecule has 6 heteroatoms. The Morgan fingerprint density at radius 2 is 2.13 bits per heavy atom. The van der Waals surface area contributed by atoms with Crippen LogP contribution in [0.25, 0.3) is 0 Å². The molecular weight excluding hydrogens is 392 g/mol. The molecule has 31 heavy (non-hydrogen) atoms. The number of carbonyl (C=O) groups excluding carboxylic acids is 2. The van der Waals surface area contributed by atoms with Crippen LogP contribution in [0.2, 0.25) is 0 Å². The van der Waals surface area contributed by atoms with Crippen molar-refractivity contribution in [2.45, 2.75) is 57.4 Å². The van der Waals surface area contributed by atoms with Gasteiger partial charge in [-0.25, -0.2) is 0 Å². The topological polar surface area (TPSA) is 71.8 Å². The van der Waals surface area contributed by atoms with E-state index in [1.165, 1.54) is 5.56 Å². The van der Waals surface area contributed by atoms with Crippen molar-refractivity contribution in [3.05, 3.63) is 54.0 Å². The third-order valence-corrected chi connectivity index (χ3v) is 6.52. The maximum atomic E-state index is 13.0. The minimum absolute atomic E-state index is 0.0605. The Bertz CT molecular complexity index is 877. The summed E-state index contributed by atoms with van der Waals surface area (Å²) in [6.45, 7) is 4.23. The molecule has 1 aromatic carbocycles. The Morgan fingerprint density at radius 1 is 1.29 bits per heavy atom. The SMILES string of the molecule is Cc1ccc(OC[C@@H]2CCCN(C(=O)CC[C@]3(Cc4ccco4)CCC(=O)N3)C2)cc1. The van der Waals surface area contributed by atoms with Crippen molar-refractivity contribution in [2.24, 2.45) is 5.92 Å². The number of nitrogens with one attached hydrogen (secondary N) is 1. The van der Waals surface area contributed by atoms with E-state index in [1.54, 1.807) is 6.26 Å². The number of hydrogen-bond acceptors (Lipinski definition) is 4. The number of aryl methyl sites for hydroxylation is 1. The maximum Gasteiger partial charge on any atom is 0.222 e. The zero-order valence-electron chi connectivity index (χ0n) is 18.3. The lowest BCUT2D eigenvalue weighted by Crippen LogP contribution is -2.46. The van der Waals surface area contributed by atoms with Crippen molar-refractivity contribution in [2.75, 3.05) is 19.7 Å². The zero-order valence-corrected chi connectivity index (χ0v) is 18.3. The molecule has 0 saturated carbocycles. The molecule has 0 radical (unpaired) electrons. The minimum atomic E-state index is -0.381. The Hall–Kier alpha value is -2.76. The third kappa shape index (κ3) is 5.69. The number of amides is 2. The molecular formula is C25H32N2O4. The van der Waals surface area contributed by atoms with E-state index in [0.717, 1.165) is 43.9 Å². The van der Waals surface area contributed by atoms with Crippen molar-refractivity contribution in [1.29, 1.82) is 0 Å². The van der Waals surface area contributed by atoms with Gasteiger partial charge in [0, 0.05) is 43.8 Å². The molecule has 2 fully saturated rings. The van der Waals surface area contributed by atoms with Gasteiger partial charge in [0.15, 0.2) is 0 Å².